The molecule has 19 heavy (non-hydrogen) atoms. The monoisotopic (exact) mass is 327 g/mol. The van der Waals surface area contributed by atoms with Gasteiger partial charge in [0.25, 0.3) is 0 Å². The van der Waals surface area contributed by atoms with E-state index in [1.54, 1.807) is 20.3 Å². The Labute approximate surface area is 119 Å². The van der Waals surface area contributed by atoms with Gasteiger partial charge in [0.05, 0.1) is 11.6 Å². The molecule has 0 N–H and O–H groups in total. The Hall–Kier alpha value is -1.53. The maximum Gasteiger partial charge on any atom is 0.162 e. The molecule has 5 nitrogen and oxygen atoms in total. The molecule has 0 atom stereocenters. The molecule has 0 fully saturated rings. The molecule has 0 spiro atoms. The van der Waals surface area contributed by atoms with Crippen LogP contribution in [0.5, 0.6) is 11.5 Å². The lowest BCUT2D eigenvalue weighted by Gasteiger charge is -2.07. The Morgan fingerprint density at radius 2 is 2.05 bits per heavy atom. The SMILES string of the molecule is COCc1cc(COc2ccc(OC)cc2Br)no1. The van der Waals surface area contributed by atoms with Crippen LogP contribution in [-0.4, -0.2) is 19.4 Å². The van der Waals surface area contributed by atoms with Crippen LogP contribution in [0.15, 0.2) is 33.3 Å². The molecule has 0 saturated carbocycles. The Balaban J connectivity index is 1.97. The smallest absolute Gasteiger partial charge is 0.162 e. The first-order chi connectivity index (χ1) is 9.22. The van der Waals surface area contributed by atoms with Crippen LogP contribution in [0.4, 0.5) is 0 Å². The second-order valence-electron chi connectivity index (χ2n) is 3.80. The molecule has 0 aliphatic carbocycles. The number of benzene rings is 1. The van der Waals surface area contributed by atoms with E-state index < -0.39 is 0 Å². The van der Waals surface area contributed by atoms with Crippen molar-refractivity contribution in [1.29, 1.82) is 0 Å². The van der Waals surface area contributed by atoms with Gasteiger partial charge in [0.15, 0.2) is 5.76 Å². The molecule has 2 aromatic rings. The van der Waals surface area contributed by atoms with Gasteiger partial charge in [-0.05, 0) is 34.1 Å². The molecule has 102 valence electrons. The lowest BCUT2D eigenvalue weighted by Crippen LogP contribution is -1.96. The van der Waals surface area contributed by atoms with Gasteiger partial charge < -0.3 is 18.7 Å². The first kappa shape index (κ1) is 13.9. The van der Waals surface area contributed by atoms with Gasteiger partial charge in [0.1, 0.15) is 30.4 Å². The summed E-state index contributed by atoms with van der Waals surface area (Å²) in [4.78, 5) is 0. The topological polar surface area (TPSA) is 53.7 Å². The zero-order chi connectivity index (χ0) is 13.7. The molecular formula is C13H14BrNO4. The number of nitrogens with zero attached hydrogens (tertiary/aromatic N) is 1. The van der Waals surface area contributed by atoms with E-state index in [0.717, 1.165) is 21.7 Å². The standard InChI is InChI=1S/C13H14BrNO4/c1-16-8-11-5-9(15-19-11)7-18-13-4-3-10(17-2)6-12(13)14/h3-6H,7-8H2,1-2H3. The summed E-state index contributed by atoms with van der Waals surface area (Å²) in [5.74, 6) is 2.16. The molecule has 0 saturated heterocycles. The Morgan fingerprint density at radius 1 is 1.21 bits per heavy atom. The number of aromatic nitrogens is 1. The molecule has 1 aromatic heterocycles. The average molecular weight is 328 g/mol. The molecule has 0 bridgehead atoms. The minimum absolute atomic E-state index is 0.331. The van der Waals surface area contributed by atoms with Crippen LogP contribution in [0.1, 0.15) is 11.5 Å². The minimum atomic E-state index is 0.331. The summed E-state index contributed by atoms with van der Waals surface area (Å²) in [6, 6.07) is 7.31. The molecule has 0 unspecified atom stereocenters. The quantitative estimate of drug-likeness (QED) is 0.815. The number of hydrogen-bond acceptors (Lipinski definition) is 5. The van der Waals surface area contributed by atoms with Gasteiger partial charge in [-0.25, -0.2) is 0 Å². The van der Waals surface area contributed by atoms with Gasteiger partial charge in [-0.2, -0.15) is 0 Å². The van der Waals surface area contributed by atoms with Crippen LogP contribution < -0.4 is 9.47 Å². The summed E-state index contributed by atoms with van der Waals surface area (Å²) in [5.41, 5.74) is 0.717. The third-order valence-electron chi connectivity index (χ3n) is 2.41. The van der Waals surface area contributed by atoms with E-state index in [1.807, 2.05) is 18.2 Å². The molecule has 1 aromatic carbocycles. The molecule has 6 heteroatoms. The Morgan fingerprint density at radius 3 is 2.74 bits per heavy atom. The van der Waals surface area contributed by atoms with Crippen LogP contribution >= 0.6 is 15.9 Å². The van der Waals surface area contributed by atoms with Gasteiger partial charge in [-0.3, -0.25) is 0 Å². The van der Waals surface area contributed by atoms with Gasteiger partial charge in [0, 0.05) is 13.2 Å². The number of rotatable bonds is 6. The van der Waals surface area contributed by atoms with E-state index in [9.17, 15) is 0 Å². The largest absolute Gasteiger partial charge is 0.497 e. The highest BCUT2D eigenvalue weighted by molar-refractivity contribution is 9.10. The predicted molar refractivity (Wildman–Crippen MR) is 72.2 cm³/mol. The second-order valence-corrected chi connectivity index (χ2v) is 4.66. The summed E-state index contributed by atoms with van der Waals surface area (Å²) in [6.45, 7) is 0.734. The lowest BCUT2D eigenvalue weighted by atomic mass is 10.3. The summed E-state index contributed by atoms with van der Waals surface area (Å²) < 4.78 is 21.6. The van der Waals surface area contributed by atoms with E-state index in [2.05, 4.69) is 21.1 Å². The van der Waals surface area contributed by atoms with E-state index in [1.165, 1.54) is 0 Å². The van der Waals surface area contributed by atoms with Crippen molar-refractivity contribution in [2.45, 2.75) is 13.2 Å². The summed E-state index contributed by atoms with van der Waals surface area (Å²) >= 11 is 3.42. The van der Waals surface area contributed by atoms with Gasteiger partial charge in [-0.1, -0.05) is 5.16 Å². The van der Waals surface area contributed by atoms with Crippen molar-refractivity contribution in [2.24, 2.45) is 0 Å². The number of methoxy groups -OCH3 is 2. The Kier molecular flexibility index (Phi) is 4.81. The highest BCUT2D eigenvalue weighted by Gasteiger charge is 2.07. The lowest BCUT2D eigenvalue weighted by molar-refractivity contribution is 0.155. The van der Waals surface area contributed by atoms with E-state index >= 15 is 0 Å². The molecule has 0 aliphatic heterocycles. The molecule has 1 heterocycles. The molecule has 0 amide bonds. The van der Waals surface area contributed by atoms with Gasteiger partial charge >= 0.3 is 0 Å². The molecule has 0 radical (unpaired) electrons. The molecule has 2 rings (SSSR count). The summed E-state index contributed by atoms with van der Waals surface area (Å²) in [6.07, 6.45) is 0. The molecular weight excluding hydrogens is 314 g/mol. The van der Waals surface area contributed by atoms with Crippen LogP contribution in [-0.2, 0) is 18.0 Å². The fourth-order valence-corrected chi connectivity index (χ4v) is 1.98. The predicted octanol–water partition coefficient (Wildman–Crippen LogP) is 3.17. The van der Waals surface area contributed by atoms with E-state index in [4.69, 9.17) is 18.7 Å². The first-order valence-electron chi connectivity index (χ1n) is 5.62. The van der Waals surface area contributed by atoms with Crippen molar-refractivity contribution in [2.75, 3.05) is 14.2 Å². The van der Waals surface area contributed by atoms with Gasteiger partial charge in [-0.15, -0.1) is 0 Å². The van der Waals surface area contributed by atoms with Crippen molar-refractivity contribution in [3.05, 3.63) is 40.2 Å². The zero-order valence-corrected chi connectivity index (χ0v) is 12.3. The fourth-order valence-electron chi connectivity index (χ4n) is 1.51. The average Bonchev–Trinajstić information content (AvgIpc) is 2.85. The highest BCUT2D eigenvalue weighted by Crippen LogP contribution is 2.29. The van der Waals surface area contributed by atoms with Crippen LogP contribution in [0, 0.1) is 0 Å². The number of halogens is 1. The normalized spacial score (nSPS) is 10.5. The Bertz CT molecular complexity index is 541. The van der Waals surface area contributed by atoms with Crippen LogP contribution in [0.25, 0.3) is 0 Å². The van der Waals surface area contributed by atoms with Crippen molar-refractivity contribution < 1.29 is 18.7 Å². The maximum atomic E-state index is 5.65. The second kappa shape index (κ2) is 6.58. The highest BCUT2D eigenvalue weighted by atomic mass is 79.9. The number of ether oxygens (including phenoxy) is 3. The van der Waals surface area contributed by atoms with Crippen molar-refractivity contribution in [3.8, 4) is 11.5 Å². The van der Waals surface area contributed by atoms with Crippen LogP contribution in [0.3, 0.4) is 0 Å². The van der Waals surface area contributed by atoms with E-state index in [-0.39, 0.29) is 0 Å². The van der Waals surface area contributed by atoms with E-state index in [0.29, 0.717) is 19.0 Å². The third kappa shape index (κ3) is 3.71. The van der Waals surface area contributed by atoms with Crippen molar-refractivity contribution in [1.82, 2.24) is 5.16 Å². The van der Waals surface area contributed by atoms with Gasteiger partial charge in [0.2, 0.25) is 0 Å². The molecule has 0 aliphatic rings. The van der Waals surface area contributed by atoms with Crippen molar-refractivity contribution >= 4 is 15.9 Å². The first-order valence-corrected chi connectivity index (χ1v) is 6.42. The third-order valence-corrected chi connectivity index (χ3v) is 3.03. The minimum Gasteiger partial charge on any atom is -0.497 e. The maximum absolute atomic E-state index is 5.65. The fraction of sp³-hybridized carbons (Fsp3) is 0.308. The zero-order valence-electron chi connectivity index (χ0n) is 10.7. The van der Waals surface area contributed by atoms with Crippen LogP contribution in [0.2, 0.25) is 0 Å². The summed E-state index contributed by atoms with van der Waals surface area (Å²) in [5, 5.41) is 3.89. The summed E-state index contributed by atoms with van der Waals surface area (Å²) in [7, 11) is 3.22. The number of hydrogen-bond donors (Lipinski definition) is 0. The van der Waals surface area contributed by atoms with Crippen molar-refractivity contribution in [3.63, 3.8) is 0 Å².